The summed E-state index contributed by atoms with van der Waals surface area (Å²) in [6, 6.07) is 2.07. The van der Waals surface area contributed by atoms with Gasteiger partial charge in [-0.05, 0) is 17.9 Å². The molecule has 4 heterocycles. The van der Waals surface area contributed by atoms with Gasteiger partial charge in [0.25, 0.3) is 0 Å². The molecule has 0 bridgehead atoms. The molecule has 0 aliphatic carbocycles. The maximum atomic E-state index is 6.07. The van der Waals surface area contributed by atoms with Crippen LogP contribution < -0.4 is 5.32 Å². The van der Waals surface area contributed by atoms with Crippen molar-refractivity contribution in [2.45, 2.75) is 25.2 Å². The zero-order valence-electron chi connectivity index (χ0n) is 12.3. The second kappa shape index (κ2) is 6.88. The molecule has 1 saturated heterocycles. The average molecular weight is 348 g/mol. The molecule has 3 aromatic heterocycles. The fourth-order valence-corrected chi connectivity index (χ4v) is 3.96. The van der Waals surface area contributed by atoms with Crippen molar-refractivity contribution in [3.63, 3.8) is 0 Å². The first-order valence-corrected chi connectivity index (χ1v) is 9.23. The fourth-order valence-electron chi connectivity index (χ4n) is 2.62. The molecule has 1 N–H and O–H groups in total. The van der Waals surface area contributed by atoms with Crippen LogP contribution in [0.15, 0.2) is 28.7 Å². The molecule has 6 nitrogen and oxygen atoms in total. The van der Waals surface area contributed by atoms with E-state index in [0.29, 0.717) is 13.2 Å². The van der Waals surface area contributed by atoms with E-state index in [2.05, 4.69) is 20.3 Å². The Labute approximate surface area is 141 Å². The lowest BCUT2D eigenvalue weighted by molar-refractivity contribution is -0.0485. The molecular formula is C15H16N4O2S2. The van der Waals surface area contributed by atoms with Crippen molar-refractivity contribution < 1.29 is 9.47 Å². The van der Waals surface area contributed by atoms with Crippen molar-refractivity contribution in [1.29, 1.82) is 0 Å². The van der Waals surface area contributed by atoms with E-state index in [0.717, 1.165) is 34.8 Å². The van der Waals surface area contributed by atoms with Crippen LogP contribution in [0.2, 0.25) is 0 Å². The molecule has 2 atom stereocenters. The highest BCUT2D eigenvalue weighted by atomic mass is 32.1. The number of ether oxygens (including phenoxy) is 2. The molecule has 23 heavy (non-hydrogen) atoms. The number of nitrogens with zero attached hydrogens (tertiary/aromatic N) is 3. The number of thiazole rings is 1. The number of hydrogen-bond donors (Lipinski definition) is 1. The molecule has 1 fully saturated rings. The molecule has 120 valence electrons. The van der Waals surface area contributed by atoms with Crippen LogP contribution in [0, 0.1) is 0 Å². The topological polar surface area (TPSA) is 69.2 Å². The van der Waals surface area contributed by atoms with E-state index >= 15 is 0 Å². The maximum absolute atomic E-state index is 6.07. The normalized spacial score (nSPS) is 21.6. The first kappa shape index (κ1) is 14.9. The molecule has 0 amide bonds. The largest absolute Gasteiger partial charge is 0.379 e. The van der Waals surface area contributed by atoms with Gasteiger partial charge in [0.2, 0.25) is 0 Å². The van der Waals surface area contributed by atoms with Gasteiger partial charge in [0.15, 0.2) is 0 Å². The van der Waals surface area contributed by atoms with Crippen molar-refractivity contribution in [2.75, 3.05) is 18.5 Å². The summed E-state index contributed by atoms with van der Waals surface area (Å²) in [4.78, 5) is 12.9. The lowest BCUT2D eigenvalue weighted by Gasteiger charge is -2.32. The number of anilines is 1. The van der Waals surface area contributed by atoms with Gasteiger partial charge in [0, 0.05) is 12.0 Å². The number of nitrogens with one attached hydrogen (secondary N) is 1. The Kier molecular flexibility index (Phi) is 4.47. The molecule has 1 aliphatic rings. The van der Waals surface area contributed by atoms with Gasteiger partial charge in [-0.2, -0.15) is 0 Å². The second-order valence-corrected chi connectivity index (χ2v) is 6.94. The monoisotopic (exact) mass is 348 g/mol. The summed E-state index contributed by atoms with van der Waals surface area (Å²) < 4.78 is 12.8. The molecule has 0 saturated carbocycles. The van der Waals surface area contributed by atoms with Crippen molar-refractivity contribution >= 4 is 38.7 Å². The molecule has 0 unspecified atom stereocenters. The summed E-state index contributed by atoms with van der Waals surface area (Å²) in [6.07, 6.45) is 2.53. The van der Waals surface area contributed by atoms with E-state index in [-0.39, 0.29) is 12.1 Å². The Bertz CT molecular complexity index is 762. The smallest absolute Gasteiger partial charge is 0.147 e. The Morgan fingerprint density at radius 3 is 3.26 bits per heavy atom. The Morgan fingerprint density at radius 1 is 1.35 bits per heavy atom. The third kappa shape index (κ3) is 3.35. The van der Waals surface area contributed by atoms with E-state index in [4.69, 9.17) is 9.47 Å². The highest BCUT2D eigenvalue weighted by Crippen LogP contribution is 2.27. The zero-order valence-corrected chi connectivity index (χ0v) is 14.0. The summed E-state index contributed by atoms with van der Waals surface area (Å²) in [5.74, 6) is 0.850. The minimum absolute atomic E-state index is 0.0718. The van der Waals surface area contributed by atoms with Crippen molar-refractivity contribution in [3.05, 3.63) is 34.4 Å². The fraction of sp³-hybridized carbons (Fsp3) is 0.400. The predicted molar refractivity (Wildman–Crippen MR) is 91.0 cm³/mol. The average Bonchev–Trinajstić information content (AvgIpc) is 3.26. The third-order valence-corrected chi connectivity index (χ3v) is 5.33. The minimum atomic E-state index is 0.0718. The van der Waals surface area contributed by atoms with Gasteiger partial charge in [-0.1, -0.05) is 0 Å². The summed E-state index contributed by atoms with van der Waals surface area (Å²) in [5, 5.41) is 7.52. The molecule has 0 aromatic carbocycles. The van der Waals surface area contributed by atoms with E-state index in [9.17, 15) is 0 Å². The number of hydrogen-bond acceptors (Lipinski definition) is 8. The van der Waals surface area contributed by atoms with Crippen LogP contribution in [0.1, 0.15) is 12.1 Å². The van der Waals surface area contributed by atoms with Crippen LogP contribution in [0.25, 0.3) is 10.2 Å². The summed E-state index contributed by atoms with van der Waals surface area (Å²) in [6.45, 7) is 1.86. The van der Waals surface area contributed by atoms with Gasteiger partial charge in [0.1, 0.15) is 12.1 Å². The van der Waals surface area contributed by atoms with Crippen LogP contribution in [0.5, 0.6) is 0 Å². The van der Waals surface area contributed by atoms with Crippen LogP contribution >= 0.6 is 22.7 Å². The number of thiophene rings is 1. The summed E-state index contributed by atoms with van der Waals surface area (Å²) >= 11 is 3.22. The zero-order chi connectivity index (χ0) is 15.5. The van der Waals surface area contributed by atoms with Gasteiger partial charge in [-0.25, -0.2) is 15.0 Å². The van der Waals surface area contributed by atoms with E-state index in [1.54, 1.807) is 29.0 Å². The molecular weight excluding hydrogens is 332 g/mol. The third-order valence-electron chi connectivity index (χ3n) is 3.79. The highest BCUT2D eigenvalue weighted by Gasteiger charge is 2.27. The lowest BCUT2D eigenvalue weighted by atomic mass is 10.1. The van der Waals surface area contributed by atoms with E-state index < -0.39 is 0 Å². The SMILES string of the molecule is c1nc(N[C@H]2COCC[C@H]2OCc2cscn2)c2sccc2n1. The van der Waals surface area contributed by atoms with Crippen LogP contribution in [0.4, 0.5) is 5.82 Å². The molecule has 4 rings (SSSR count). The number of fused-ring (bicyclic) bond motifs is 1. The van der Waals surface area contributed by atoms with Gasteiger partial charge in [-0.3, -0.25) is 0 Å². The molecule has 0 radical (unpaired) electrons. The lowest BCUT2D eigenvalue weighted by Crippen LogP contribution is -2.44. The quantitative estimate of drug-likeness (QED) is 0.764. The molecule has 1 aliphatic heterocycles. The second-order valence-electron chi connectivity index (χ2n) is 5.30. The standard InChI is InChI=1S/C15H16N4O2S2/c1-3-20-6-12(13(1)21-5-10-7-22-9-18-10)19-15-14-11(2-4-23-14)16-8-17-15/h2,4,7-9,12-13H,1,3,5-6H2,(H,16,17,19)/t12-,13+/m0/s1. The number of rotatable bonds is 5. The Morgan fingerprint density at radius 2 is 2.35 bits per heavy atom. The minimum Gasteiger partial charge on any atom is -0.379 e. The van der Waals surface area contributed by atoms with Gasteiger partial charge in [-0.15, -0.1) is 22.7 Å². The van der Waals surface area contributed by atoms with Crippen molar-refractivity contribution in [2.24, 2.45) is 0 Å². The molecule has 3 aromatic rings. The van der Waals surface area contributed by atoms with E-state index in [1.807, 2.05) is 22.3 Å². The van der Waals surface area contributed by atoms with Crippen LogP contribution in [-0.4, -0.2) is 40.3 Å². The van der Waals surface area contributed by atoms with Crippen LogP contribution in [-0.2, 0) is 16.1 Å². The number of aromatic nitrogens is 3. The summed E-state index contributed by atoms with van der Waals surface area (Å²) in [5.41, 5.74) is 3.76. The predicted octanol–water partition coefficient (Wildman–Crippen LogP) is 2.93. The van der Waals surface area contributed by atoms with Crippen molar-refractivity contribution in [3.8, 4) is 0 Å². The van der Waals surface area contributed by atoms with Crippen LogP contribution in [0.3, 0.4) is 0 Å². The molecule has 8 heteroatoms. The Balaban J connectivity index is 1.48. The Hall–Kier alpha value is -1.61. The van der Waals surface area contributed by atoms with Gasteiger partial charge >= 0.3 is 0 Å². The maximum Gasteiger partial charge on any atom is 0.147 e. The van der Waals surface area contributed by atoms with Gasteiger partial charge < -0.3 is 14.8 Å². The first-order chi connectivity index (χ1) is 11.4. The van der Waals surface area contributed by atoms with Crippen molar-refractivity contribution in [1.82, 2.24) is 15.0 Å². The van der Waals surface area contributed by atoms with Gasteiger partial charge in [0.05, 0.1) is 46.8 Å². The first-order valence-electron chi connectivity index (χ1n) is 7.41. The highest BCUT2D eigenvalue weighted by molar-refractivity contribution is 7.17. The van der Waals surface area contributed by atoms with E-state index in [1.165, 1.54) is 0 Å². The summed E-state index contributed by atoms with van der Waals surface area (Å²) in [7, 11) is 0. The molecule has 0 spiro atoms.